The number of ether oxygens (including phenoxy) is 1. The van der Waals surface area contributed by atoms with E-state index in [0.29, 0.717) is 24.0 Å². The van der Waals surface area contributed by atoms with Crippen molar-refractivity contribution in [3.05, 3.63) is 63.9 Å². The number of halogens is 2. The Kier molecular flexibility index (Phi) is 6.23. The highest BCUT2D eigenvalue weighted by molar-refractivity contribution is 9.10. The predicted octanol–water partition coefficient (Wildman–Crippen LogP) is 3.52. The highest BCUT2D eigenvalue weighted by Crippen LogP contribution is 2.24. The number of nitrogens with one attached hydrogen (secondary N) is 1. The van der Waals surface area contributed by atoms with Crippen LogP contribution in [0.3, 0.4) is 0 Å². The molecule has 7 heteroatoms. The zero-order valence-corrected chi connectivity index (χ0v) is 16.5. The Balaban J connectivity index is 1.65. The van der Waals surface area contributed by atoms with Crippen LogP contribution in [0.1, 0.15) is 17.5 Å². The molecular formula is C20H20BrFN2O3. The van der Waals surface area contributed by atoms with Gasteiger partial charge in [0, 0.05) is 24.0 Å². The molecule has 142 valence electrons. The third-order valence-corrected chi connectivity index (χ3v) is 5.14. The molecule has 1 heterocycles. The van der Waals surface area contributed by atoms with Gasteiger partial charge >= 0.3 is 5.97 Å². The third kappa shape index (κ3) is 4.73. The van der Waals surface area contributed by atoms with Crippen LogP contribution >= 0.6 is 15.9 Å². The maximum absolute atomic E-state index is 13.9. The van der Waals surface area contributed by atoms with E-state index in [0.717, 1.165) is 11.1 Å². The van der Waals surface area contributed by atoms with Gasteiger partial charge in [0.1, 0.15) is 11.9 Å². The van der Waals surface area contributed by atoms with Gasteiger partial charge in [-0.25, -0.2) is 4.39 Å². The molecule has 2 aromatic rings. The van der Waals surface area contributed by atoms with Crippen molar-refractivity contribution in [2.45, 2.75) is 25.4 Å². The lowest BCUT2D eigenvalue weighted by Crippen LogP contribution is -2.47. The first-order valence-electron chi connectivity index (χ1n) is 8.61. The standard InChI is InChI=1S/C20H20BrFN2O3/c1-27-20(26)18-10-13-4-2-3-5-14(13)12-24(18)9-8-19(25)23-17-7-6-15(21)11-16(17)22/h2-7,11,18H,8-10,12H2,1H3,(H,23,25). The number of fused-ring (bicyclic) bond motifs is 1. The van der Waals surface area contributed by atoms with Crippen LogP contribution in [0.2, 0.25) is 0 Å². The fraction of sp³-hybridized carbons (Fsp3) is 0.300. The number of esters is 1. The molecule has 0 saturated heterocycles. The molecule has 0 radical (unpaired) electrons. The van der Waals surface area contributed by atoms with Crippen molar-refractivity contribution in [3.63, 3.8) is 0 Å². The molecule has 1 N–H and O–H groups in total. The molecule has 1 aliphatic heterocycles. The van der Waals surface area contributed by atoms with Crippen molar-refractivity contribution in [1.29, 1.82) is 0 Å². The number of carbonyl (C=O) groups excluding carboxylic acids is 2. The van der Waals surface area contributed by atoms with Crippen molar-refractivity contribution < 1.29 is 18.7 Å². The number of amides is 1. The highest BCUT2D eigenvalue weighted by Gasteiger charge is 2.32. The van der Waals surface area contributed by atoms with Crippen LogP contribution in [0, 0.1) is 5.82 Å². The topological polar surface area (TPSA) is 58.6 Å². The molecule has 0 aliphatic carbocycles. The first-order valence-corrected chi connectivity index (χ1v) is 9.41. The number of hydrogen-bond donors (Lipinski definition) is 1. The van der Waals surface area contributed by atoms with E-state index >= 15 is 0 Å². The van der Waals surface area contributed by atoms with Gasteiger partial charge in [-0.05, 0) is 35.7 Å². The molecule has 0 aromatic heterocycles. The Morgan fingerprint density at radius 3 is 2.70 bits per heavy atom. The second kappa shape index (κ2) is 8.63. The number of hydrogen-bond acceptors (Lipinski definition) is 4. The van der Waals surface area contributed by atoms with E-state index in [1.807, 2.05) is 29.2 Å². The minimum atomic E-state index is -0.503. The molecular weight excluding hydrogens is 415 g/mol. The van der Waals surface area contributed by atoms with Gasteiger partial charge in [-0.2, -0.15) is 0 Å². The summed E-state index contributed by atoms with van der Waals surface area (Å²) >= 11 is 3.18. The van der Waals surface area contributed by atoms with E-state index < -0.39 is 11.9 Å². The second-order valence-electron chi connectivity index (χ2n) is 6.40. The van der Waals surface area contributed by atoms with E-state index in [4.69, 9.17) is 4.74 Å². The quantitative estimate of drug-likeness (QED) is 0.731. The van der Waals surface area contributed by atoms with E-state index in [-0.39, 0.29) is 24.0 Å². The van der Waals surface area contributed by atoms with Gasteiger partial charge in [0.05, 0.1) is 12.8 Å². The van der Waals surface area contributed by atoms with Crippen molar-refractivity contribution in [1.82, 2.24) is 4.90 Å². The molecule has 1 atom stereocenters. The molecule has 1 amide bonds. The number of methoxy groups -OCH3 is 1. The Morgan fingerprint density at radius 2 is 2.00 bits per heavy atom. The van der Waals surface area contributed by atoms with E-state index in [1.165, 1.54) is 19.2 Å². The van der Waals surface area contributed by atoms with Crippen molar-refractivity contribution in [2.24, 2.45) is 0 Å². The average Bonchev–Trinajstić information content (AvgIpc) is 2.67. The highest BCUT2D eigenvalue weighted by atomic mass is 79.9. The van der Waals surface area contributed by atoms with Crippen LogP contribution < -0.4 is 5.32 Å². The van der Waals surface area contributed by atoms with Crippen LogP contribution in [0.25, 0.3) is 0 Å². The first kappa shape index (κ1) is 19.5. The number of anilines is 1. The Bertz CT molecular complexity index is 859. The van der Waals surface area contributed by atoms with E-state index in [2.05, 4.69) is 21.2 Å². The molecule has 27 heavy (non-hydrogen) atoms. The van der Waals surface area contributed by atoms with Crippen LogP contribution in [-0.2, 0) is 27.3 Å². The van der Waals surface area contributed by atoms with Crippen LogP contribution in [0.5, 0.6) is 0 Å². The lowest BCUT2D eigenvalue weighted by atomic mass is 9.94. The van der Waals surface area contributed by atoms with Gasteiger partial charge in [0.15, 0.2) is 0 Å². The maximum atomic E-state index is 13.9. The minimum Gasteiger partial charge on any atom is -0.468 e. The largest absolute Gasteiger partial charge is 0.468 e. The molecule has 3 rings (SSSR count). The van der Waals surface area contributed by atoms with Crippen LogP contribution in [-0.4, -0.2) is 36.5 Å². The second-order valence-corrected chi connectivity index (χ2v) is 7.32. The van der Waals surface area contributed by atoms with Crippen molar-refractivity contribution >= 4 is 33.5 Å². The van der Waals surface area contributed by atoms with Gasteiger partial charge in [-0.15, -0.1) is 0 Å². The molecule has 0 fully saturated rings. The summed E-state index contributed by atoms with van der Waals surface area (Å²) in [5.41, 5.74) is 2.39. The smallest absolute Gasteiger partial charge is 0.323 e. The molecule has 0 spiro atoms. The number of nitrogens with zero attached hydrogens (tertiary/aromatic N) is 1. The van der Waals surface area contributed by atoms with Gasteiger partial charge in [0.2, 0.25) is 5.91 Å². The molecule has 0 bridgehead atoms. The average molecular weight is 435 g/mol. The molecule has 1 unspecified atom stereocenters. The van der Waals surface area contributed by atoms with Crippen molar-refractivity contribution in [2.75, 3.05) is 19.0 Å². The zero-order valence-electron chi connectivity index (χ0n) is 14.9. The summed E-state index contributed by atoms with van der Waals surface area (Å²) < 4.78 is 19.4. The fourth-order valence-corrected chi connectivity index (χ4v) is 3.56. The summed E-state index contributed by atoms with van der Waals surface area (Å²) in [5, 5.41) is 2.58. The fourth-order valence-electron chi connectivity index (χ4n) is 3.23. The zero-order chi connectivity index (χ0) is 19.4. The van der Waals surface area contributed by atoms with Crippen molar-refractivity contribution in [3.8, 4) is 0 Å². The number of rotatable bonds is 5. The van der Waals surface area contributed by atoms with Gasteiger partial charge < -0.3 is 10.1 Å². The number of carbonyl (C=O) groups is 2. The third-order valence-electron chi connectivity index (χ3n) is 4.65. The van der Waals surface area contributed by atoms with Crippen LogP contribution in [0.4, 0.5) is 10.1 Å². The number of benzene rings is 2. The summed E-state index contributed by atoms with van der Waals surface area (Å²) in [6.45, 7) is 0.938. The van der Waals surface area contributed by atoms with Crippen LogP contribution in [0.15, 0.2) is 46.9 Å². The monoisotopic (exact) mass is 434 g/mol. The minimum absolute atomic E-state index is 0.136. The molecule has 1 aliphatic rings. The Morgan fingerprint density at radius 1 is 1.26 bits per heavy atom. The first-order chi connectivity index (χ1) is 13.0. The van der Waals surface area contributed by atoms with Gasteiger partial charge in [0.25, 0.3) is 0 Å². The van der Waals surface area contributed by atoms with Gasteiger partial charge in [-0.3, -0.25) is 14.5 Å². The summed E-state index contributed by atoms with van der Waals surface area (Å²) in [6.07, 6.45) is 0.691. The molecule has 0 saturated carbocycles. The Hall–Kier alpha value is -2.25. The summed E-state index contributed by atoms with van der Waals surface area (Å²) in [4.78, 5) is 26.4. The SMILES string of the molecule is COC(=O)C1Cc2ccccc2CN1CCC(=O)Nc1ccc(Br)cc1F. The lowest BCUT2D eigenvalue weighted by molar-refractivity contribution is -0.148. The predicted molar refractivity (Wildman–Crippen MR) is 104 cm³/mol. The van der Waals surface area contributed by atoms with E-state index in [1.54, 1.807) is 6.07 Å². The normalized spacial score (nSPS) is 16.5. The summed E-state index contributed by atoms with van der Waals surface area (Å²) in [7, 11) is 1.37. The molecule has 2 aromatic carbocycles. The maximum Gasteiger partial charge on any atom is 0.323 e. The van der Waals surface area contributed by atoms with E-state index in [9.17, 15) is 14.0 Å². The summed E-state index contributed by atoms with van der Waals surface area (Å²) in [5.74, 6) is -1.13. The Labute approximate surface area is 165 Å². The van der Waals surface area contributed by atoms with Gasteiger partial charge in [-0.1, -0.05) is 40.2 Å². The summed E-state index contributed by atoms with van der Waals surface area (Å²) in [6, 6.07) is 12.0. The molecule has 5 nitrogen and oxygen atoms in total. The lowest BCUT2D eigenvalue weighted by Gasteiger charge is -2.34.